The van der Waals surface area contributed by atoms with Gasteiger partial charge in [0.2, 0.25) is 5.91 Å². The fraction of sp³-hybridized carbons (Fsp3) is 0.333. The average Bonchev–Trinajstić information content (AvgIpc) is 2.73. The Balaban J connectivity index is 2.22. The summed E-state index contributed by atoms with van der Waals surface area (Å²) in [5, 5.41) is 8.74. The minimum atomic E-state index is -0.641. The highest BCUT2D eigenvalue weighted by atomic mass is 16.6. The quantitative estimate of drug-likeness (QED) is 0.851. The van der Waals surface area contributed by atoms with Crippen LogP contribution in [-0.4, -0.2) is 35.2 Å². The van der Waals surface area contributed by atoms with Gasteiger partial charge < -0.3 is 9.84 Å². The van der Waals surface area contributed by atoms with E-state index in [0.29, 0.717) is 0 Å². The monoisotopic (exact) mass is 235 g/mol. The van der Waals surface area contributed by atoms with Crippen LogP contribution in [0.1, 0.15) is 18.0 Å². The molecule has 1 unspecified atom stereocenters. The Morgan fingerprint density at radius 1 is 1.41 bits per heavy atom. The lowest BCUT2D eigenvalue weighted by atomic mass is 10.1. The van der Waals surface area contributed by atoms with Gasteiger partial charge in [-0.25, -0.2) is 9.69 Å². The minimum Gasteiger partial charge on any atom is -0.446 e. The molecule has 1 aliphatic heterocycles. The molecule has 0 bridgehead atoms. The van der Waals surface area contributed by atoms with Crippen molar-refractivity contribution in [3.63, 3.8) is 0 Å². The molecule has 90 valence electrons. The van der Waals surface area contributed by atoms with E-state index in [9.17, 15) is 9.59 Å². The molecule has 1 aromatic rings. The molecule has 1 atom stereocenters. The molecule has 1 heterocycles. The average molecular weight is 235 g/mol. The Kier molecular flexibility index (Phi) is 3.39. The first-order chi connectivity index (χ1) is 8.24. The highest BCUT2D eigenvalue weighted by molar-refractivity contribution is 5.93. The lowest BCUT2D eigenvalue weighted by Crippen LogP contribution is -2.34. The fourth-order valence-electron chi connectivity index (χ4n) is 1.83. The van der Waals surface area contributed by atoms with Crippen molar-refractivity contribution in [2.24, 2.45) is 0 Å². The number of cyclic esters (lactones) is 1. The molecular formula is C12H13NO4. The summed E-state index contributed by atoms with van der Waals surface area (Å²) in [5.41, 5.74) is 0.852. The lowest BCUT2D eigenvalue weighted by Gasteiger charge is -2.19. The maximum atomic E-state index is 11.7. The topological polar surface area (TPSA) is 66.8 Å². The van der Waals surface area contributed by atoms with Gasteiger partial charge in [0.1, 0.15) is 12.6 Å². The van der Waals surface area contributed by atoms with Crippen LogP contribution in [0.5, 0.6) is 0 Å². The van der Waals surface area contributed by atoms with Crippen LogP contribution < -0.4 is 0 Å². The minimum absolute atomic E-state index is 0.0710. The largest absolute Gasteiger partial charge is 0.446 e. The molecule has 1 saturated heterocycles. The van der Waals surface area contributed by atoms with Gasteiger partial charge in [0, 0.05) is 0 Å². The van der Waals surface area contributed by atoms with Crippen LogP contribution in [0.2, 0.25) is 0 Å². The molecule has 1 aliphatic rings. The number of imide groups is 1. The van der Waals surface area contributed by atoms with E-state index in [4.69, 9.17) is 9.84 Å². The third-order valence-corrected chi connectivity index (χ3v) is 2.65. The van der Waals surface area contributed by atoms with Gasteiger partial charge in [-0.05, 0) is 5.56 Å². The Bertz CT molecular complexity index is 418. The number of hydrogen-bond acceptors (Lipinski definition) is 4. The van der Waals surface area contributed by atoms with Crippen molar-refractivity contribution in [3.05, 3.63) is 35.9 Å². The molecule has 0 aromatic heterocycles. The van der Waals surface area contributed by atoms with Crippen molar-refractivity contribution in [1.82, 2.24) is 4.90 Å². The highest BCUT2D eigenvalue weighted by Crippen LogP contribution is 2.27. The van der Waals surface area contributed by atoms with Crippen LogP contribution in [0.15, 0.2) is 30.3 Å². The summed E-state index contributed by atoms with van der Waals surface area (Å²) in [6.07, 6.45) is -0.712. The Labute approximate surface area is 98.6 Å². The Morgan fingerprint density at radius 3 is 2.76 bits per heavy atom. The van der Waals surface area contributed by atoms with Crippen molar-refractivity contribution in [1.29, 1.82) is 0 Å². The maximum absolute atomic E-state index is 11.7. The molecule has 2 amide bonds. The number of hydrogen-bond donors (Lipinski definition) is 1. The third-order valence-electron chi connectivity index (χ3n) is 2.65. The van der Waals surface area contributed by atoms with Crippen molar-refractivity contribution >= 4 is 12.0 Å². The summed E-state index contributed by atoms with van der Waals surface area (Å²) in [5.74, 6) is -0.413. The summed E-state index contributed by atoms with van der Waals surface area (Å²) in [6.45, 7) is -0.107. The normalized spacial score (nSPS) is 19.2. The fourth-order valence-corrected chi connectivity index (χ4v) is 1.83. The standard InChI is InChI=1S/C12H13NO4/c14-7-6-11(15)13-10(8-17-12(13)16)9-4-2-1-3-5-9/h1-5,10,14H,6-8H2. The zero-order valence-corrected chi connectivity index (χ0v) is 9.20. The molecule has 2 rings (SSSR count). The molecule has 0 spiro atoms. The Hall–Kier alpha value is -1.88. The number of aliphatic hydroxyl groups is 1. The summed E-state index contributed by atoms with van der Waals surface area (Å²) >= 11 is 0. The number of ether oxygens (including phenoxy) is 1. The molecule has 5 heteroatoms. The second-order valence-corrected chi connectivity index (χ2v) is 3.74. The zero-order valence-electron chi connectivity index (χ0n) is 9.20. The van der Waals surface area contributed by atoms with E-state index in [1.54, 1.807) is 0 Å². The van der Waals surface area contributed by atoms with E-state index in [1.807, 2.05) is 30.3 Å². The number of carbonyl (C=O) groups excluding carboxylic acids is 2. The van der Waals surface area contributed by atoms with Gasteiger partial charge in [-0.3, -0.25) is 4.79 Å². The van der Waals surface area contributed by atoms with E-state index in [1.165, 1.54) is 0 Å². The SMILES string of the molecule is O=C(CCO)N1C(=O)OCC1c1ccccc1. The number of rotatable bonds is 3. The summed E-state index contributed by atoms with van der Waals surface area (Å²) < 4.78 is 4.88. The molecular weight excluding hydrogens is 222 g/mol. The number of carbonyl (C=O) groups is 2. The first-order valence-corrected chi connectivity index (χ1v) is 5.38. The van der Waals surface area contributed by atoms with Crippen LogP contribution in [0, 0.1) is 0 Å². The van der Waals surface area contributed by atoms with Crippen LogP contribution in [0.4, 0.5) is 4.79 Å². The van der Waals surface area contributed by atoms with Gasteiger partial charge in [0.15, 0.2) is 0 Å². The second-order valence-electron chi connectivity index (χ2n) is 3.74. The van der Waals surface area contributed by atoms with Crippen molar-refractivity contribution in [2.75, 3.05) is 13.2 Å². The third kappa shape index (κ3) is 2.29. The number of benzene rings is 1. The summed E-state index contributed by atoms with van der Waals surface area (Å²) in [4.78, 5) is 24.3. The first kappa shape index (κ1) is 11.6. The molecule has 5 nitrogen and oxygen atoms in total. The van der Waals surface area contributed by atoms with E-state index >= 15 is 0 Å². The number of aliphatic hydroxyl groups excluding tert-OH is 1. The Morgan fingerprint density at radius 2 is 2.12 bits per heavy atom. The van der Waals surface area contributed by atoms with E-state index < -0.39 is 12.0 Å². The zero-order chi connectivity index (χ0) is 12.3. The molecule has 1 N–H and O–H groups in total. The second kappa shape index (κ2) is 4.97. The van der Waals surface area contributed by atoms with Crippen molar-refractivity contribution < 1.29 is 19.4 Å². The maximum Gasteiger partial charge on any atom is 0.417 e. The van der Waals surface area contributed by atoms with Gasteiger partial charge in [0.25, 0.3) is 0 Å². The first-order valence-electron chi connectivity index (χ1n) is 5.38. The molecule has 0 aliphatic carbocycles. The van der Waals surface area contributed by atoms with Gasteiger partial charge in [-0.1, -0.05) is 30.3 Å². The summed E-state index contributed by atoms with van der Waals surface area (Å²) in [6, 6.07) is 8.83. The number of amides is 2. The van der Waals surface area contributed by atoms with Gasteiger partial charge >= 0.3 is 6.09 Å². The summed E-state index contributed by atoms with van der Waals surface area (Å²) in [7, 11) is 0. The molecule has 1 fully saturated rings. The van der Waals surface area contributed by atoms with Crippen molar-refractivity contribution in [2.45, 2.75) is 12.5 Å². The lowest BCUT2D eigenvalue weighted by molar-refractivity contribution is -0.129. The number of nitrogens with zero attached hydrogens (tertiary/aromatic N) is 1. The van der Waals surface area contributed by atoms with Crippen LogP contribution >= 0.6 is 0 Å². The van der Waals surface area contributed by atoms with Crippen LogP contribution in [0.3, 0.4) is 0 Å². The molecule has 0 saturated carbocycles. The van der Waals surface area contributed by atoms with E-state index in [0.717, 1.165) is 10.5 Å². The molecule has 1 aromatic carbocycles. The predicted octanol–water partition coefficient (Wildman–Crippen LogP) is 1.09. The van der Waals surface area contributed by atoms with Crippen LogP contribution in [-0.2, 0) is 9.53 Å². The van der Waals surface area contributed by atoms with Gasteiger partial charge in [-0.2, -0.15) is 0 Å². The van der Waals surface area contributed by atoms with Gasteiger partial charge in [0.05, 0.1) is 13.0 Å². The van der Waals surface area contributed by atoms with Gasteiger partial charge in [-0.15, -0.1) is 0 Å². The van der Waals surface area contributed by atoms with Crippen LogP contribution in [0.25, 0.3) is 0 Å². The predicted molar refractivity (Wildman–Crippen MR) is 59.1 cm³/mol. The van der Waals surface area contributed by atoms with E-state index in [2.05, 4.69) is 0 Å². The molecule has 0 radical (unpaired) electrons. The smallest absolute Gasteiger partial charge is 0.417 e. The highest BCUT2D eigenvalue weighted by Gasteiger charge is 2.38. The molecule has 17 heavy (non-hydrogen) atoms. The van der Waals surface area contributed by atoms with Crippen molar-refractivity contribution in [3.8, 4) is 0 Å². The van der Waals surface area contributed by atoms with E-state index in [-0.39, 0.29) is 25.7 Å².